The van der Waals surface area contributed by atoms with Crippen LogP contribution in [0.1, 0.15) is 32.6 Å². The van der Waals surface area contributed by atoms with Gasteiger partial charge >= 0.3 is 0 Å². The molecule has 2 heteroatoms. The summed E-state index contributed by atoms with van der Waals surface area (Å²) in [4.78, 5) is 0. The molecule has 0 saturated heterocycles. The largest absolute Gasteiger partial charge is 0.328 e. The first kappa shape index (κ1) is 8.41. The van der Waals surface area contributed by atoms with Crippen LogP contribution in [0.5, 0.6) is 0 Å². The van der Waals surface area contributed by atoms with Gasteiger partial charge in [-0.3, -0.25) is 0 Å². The smallest absolute Gasteiger partial charge is 0.00616 e. The zero-order valence-corrected chi connectivity index (χ0v) is 7.49. The topological polar surface area (TPSA) is 26.0 Å². The molecule has 0 spiro atoms. The average molecular weight is 159 g/mol. The predicted molar refractivity (Wildman–Crippen MR) is 48.4 cm³/mol. The molecule has 0 aromatic carbocycles. The predicted octanol–water partition coefficient (Wildman–Crippen LogP) is 2.01. The first-order chi connectivity index (χ1) is 4.83. The first-order valence-corrected chi connectivity index (χ1v) is 5.25. The molecule has 0 aromatic heterocycles. The van der Waals surface area contributed by atoms with Crippen molar-refractivity contribution < 1.29 is 0 Å². The quantitative estimate of drug-likeness (QED) is 0.667. The standard InChI is InChI=1S/C8H17NS/c1-2-10-8-5-3-4-7(9)6-8/h7-8H,2-6,9H2,1H3/t7-,8+/m1/s1. The van der Waals surface area contributed by atoms with Crippen molar-refractivity contribution >= 4 is 11.8 Å². The van der Waals surface area contributed by atoms with Crippen molar-refractivity contribution in [2.45, 2.75) is 43.9 Å². The fraction of sp³-hybridized carbons (Fsp3) is 1.00. The summed E-state index contributed by atoms with van der Waals surface area (Å²) in [6.45, 7) is 2.23. The molecule has 60 valence electrons. The van der Waals surface area contributed by atoms with Crippen LogP contribution in [0.4, 0.5) is 0 Å². The molecule has 0 radical (unpaired) electrons. The third-order valence-corrected chi connectivity index (χ3v) is 3.30. The lowest BCUT2D eigenvalue weighted by Gasteiger charge is -2.25. The third-order valence-electron chi connectivity index (χ3n) is 2.07. The van der Waals surface area contributed by atoms with Crippen LogP contribution in [-0.2, 0) is 0 Å². The van der Waals surface area contributed by atoms with Gasteiger partial charge in [0, 0.05) is 11.3 Å². The molecular formula is C8H17NS. The van der Waals surface area contributed by atoms with Gasteiger partial charge in [-0.25, -0.2) is 0 Å². The maximum Gasteiger partial charge on any atom is 0.00616 e. The second-order valence-corrected chi connectivity index (χ2v) is 4.58. The van der Waals surface area contributed by atoms with Crippen LogP contribution in [0.25, 0.3) is 0 Å². The van der Waals surface area contributed by atoms with Crippen LogP contribution in [0, 0.1) is 0 Å². The SMILES string of the molecule is CCS[C@H]1CCC[C@@H](N)C1. The molecule has 10 heavy (non-hydrogen) atoms. The summed E-state index contributed by atoms with van der Waals surface area (Å²) >= 11 is 2.08. The van der Waals surface area contributed by atoms with E-state index in [4.69, 9.17) is 5.73 Å². The van der Waals surface area contributed by atoms with Gasteiger partial charge in [0.1, 0.15) is 0 Å². The summed E-state index contributed by atoms with van der Waals surface area (Å²) in [5.74, 6) is 1.25. The van der Waals surface area contributed by atoms with Crippen LogP contribution >= 0.6 is 11.8 Å². The lowest BCUT2D eigenvalue weighted by molar-refractivity contribution is 0.451. The van der Waals surface area contributed by atoms with Crippen LogP contribution < -0.4 is 5.73 Å². The molecule has 0 heterocycles. The number of thioether (sulfide) groups is 1. The maximum atomic E-state index is 5.84. The van der Waals surface area contributed by atoms with E-state index in [2.05, 4.69) is 18.7 Å². The van der Waals surface area contributed by atoms with Crippen LogP contribution in [-0.4, -0.2) is 17.0 Å². The summed E-state index contributed by atoms with van der Waals surface area (Å²) in [7, 11) is 0. The van der Waals surface area contributed by atoms with Crippen LogP contribution in [0.2, 0.25) is 0 Å². The Hall–Kier alpha value is 0.310. The monoisotopic (exact) mass is 159 g/mol. The average Bonchev–Trinajstić information content (AvgIpc) is 1.88. The van der Waals surface area contributed by atoms with Gasteiger partial charge in [-0.2, -0.15) is 11.8 Å². The summed E-state index contributed by atoms with van der Waals surface area (Å²) in [6, 6.07) is 0.498. The first-order valence-electron chi connectivity index (χ1n) is 4.20. The van der Waals surface area contributed by atoms with Gasteiger partial charge in [-0.05, 0) is 25.0 Å². The molecule has 1 aliphatic carbocycles. The molecular weight excluding hydrogens is 142 g/mol. The molecule has 2 atom stereocenters. The molecule has 1 aliphatic rings. The zero-order chi connectivity index (χ0) is 7.40. The Labute approximate surface area is 67.8 Å². The van der Waals surface area contributed by atoms with Crippen molar-refractivity contribution in [3.63, 3.8) is 0 Å². The molecule has 2 N–H and O–H groups in total. The van der Waals surface area contributed by atoms with E-state index in [9.17, 15) is 0 Å². The van der Waals surface area contributed by atoms with Gasteiger partial charge in [-0.15, -0.1) is 0 Å². The maximum absolute atomic E-state index is 5.84. The number of nitrogens with two attached hydrogens (primary N) is 1. The number of rotatable bonds is 2. The van der Waals surface area contributed by atoms with E-state index in [1.807, 2.05) is 0 Å². The Bertz CT molecular complexity index is 93.3. The Morgan fingerprint density at radius 3 is 2.90 bits per heavy atom. The van der Waals surface area contributed by atoms with Crippen LogP contribution in [0.15, 0.2) is 0 Å². The second kappa shape index (κ2) is 4.24. The van der Waals surface area contributed by atoms with Gasteiger partial charge < -0.3 is 5.73 Å². The number of hydrogen-bond acceptors (Lipinski definition) is 2. The minimum atomic E-state index is 0.498. The summed E-state index contributed by atoms with van der Waals surface area (Å²) < 4.78 is 0. The van der Waals surface area contributed by atoms with Gasteiger partial charge in [0.25, 0.3) is 0 Å². The van der Waals surface area contributed by atoms with Gasteiger partial charge in [0.2, 0.25) is 0 Å². The van der Waals surface area contributed by atoms with E-state index < -0.39 is 0 Å². The molecule has 1 rings (SSSR count). The molecule has 0 bridgehead atoms. The molecule has 0 aromatic rings. The highest BCUT2D eigenvalue weighted by Gasteiger charge is 2.18. The Morgan fingerprint density at radius 2 is 2.30 bits per heavy atom. The second-order valence-electron chi connectivity index (χ2n) is 3.00. The molecule has 1 fully saturated rings. The van der Waals surface area contributed by atoms with E-state index in [0.717, 1.165) is 5.25 Å². The van der Waals surface area contributed by atoms with Crippen molar-refractivity contribution in [2.75, 3.05) is 5.75 Å². The number of hydrogen-bond donors (Lipinski definition) is 1. The Kier molecular flexibility index (Phi) is 3.57. The van der Waals surface area contributed by atoms with Crippen molar-refractivity contribution in [1.82, 2.24) is 0 Å². The lowest BCUT2D eigenvalue weighted by atomic mass is 9.96. The summed E-state index contributed by atoms with van der Waals surface area (Å²) in [6.07, 6.45) is 5.24. The highest BCUT2D eigenvalue weighted by atomic mass is 32.2. The molecule has 0 unspecified atom stereocenters. The van der Waals surface area contributed by atoms with Crippen molar-refractivity contribution in [3.8, 4) is 0 Å². The normalized spacial score (nSPS) is 34.2. The molecule has 1 nitrogen and oxygen atoms in total. The molecule has 0 aliphatic heterocycles. The lowest BCUT2D eigenvalue weighted by Crippen LogP contribution is -2.29. The summed E-state index contributed by atoms with van der Waals surface area (Å²) in [5.41, 5.74) is 5.84. The van der Waals surface area contributed by atoms with Gasteiger partial charge in [0.15, 0.2) is 0 Å². The minimum Gasteiger partial charge on any atom is -0.328 e. The minimum absolute atomic E-state index is 0.498. The Morgan fingerprint density at radius 1 is 1.50 bits per heavy atom. The van der Waals surface area contributed by atoms with E-state index in [1.165, 1.54) is 31.4 Å². The fourth-order valence-corrected chi connectivity index (χ4v) is 2.76. The summed E-state index contributed by atoms with van der Waals surface area (Å²) in [5, 5.41) is 0.869. The molecule has 0 amide bonds. The van der Waals surface area contributed by atoms with Gasteiger partial charge in [0.05, 0.1) is 0 Å². The van der Waals surface area contributed by atoms with Crippen LogP contribution in [0.3, 0.4) is 0 Å². The zero-order valence-electron chi connectivity index (χ0n) is 6.68. The molecule has 1 saturated carbocycles. The highest BCUT2D eigenvalue weighted by Crippen LogP contribution is 2.27. The van der Waals surface area contributed by atoms with E-state index in [1.54, 1.807) is 0 Å². The Balaban J connectivity index is 2.18. The van der Waals surface area contributed by atoms with E-state index in [-0.39, 0.29) is 0 Å². The van der Waals surface area contributed by atoms with Crippen molar-refractivity contribution in [1.29, 1.82) is 0 Å². The van der Waals surface area contributed by atoms with Gasteiger partial charge in [-0.1, -0.05) is 13.3 Å². The van der Waals surface area contributed by atoms with Crippen molar-refractivity contribution in [2.24, 2.45) is 5.73 Å². The van der Waals surface area contributed by atoms with Crippen molar-refractivity contribution in [3.05, 3.63) is 0 Å². The third kappa shape index (κ3) is 2.51. The van der Waals surface area contributed by atoms with E-state index in [0.29, 0.717) is 6.04 Å². The highest BCUT2D eigenvalue weighted by molar-refractivity contribution is 7.99. The van der Waals surface area contributed by atoms with E-state index >= 15 is 0 Å². The fourth-order valence-electron chi connectivity index (χ4n) is 1.57.